The van der Waals surface area contributed by atoms with Gasteiger partial charge in [0.1, 0.15) is 0 Å². The zero-order valence-electron chi connectivity index (χ0n) is 16.3. The molecule has 9 heteroatoms. The predicted molar refractivity (Wildman–Crippen MR) is 113 cm³/mol. The number of pyridine rings is 1. The van der Waals surface area contributed by atoms with Crippen LogP contribution < -0.4 is 15.2 Å². The minimum atomic E-state index is -3.38. The third-order valence-electron chi connectivity index (χ3n) is 5.81. The molecule has 0 saturated heterocycles. The van der Waals surface area contributed by atoms with Crippen molar-refractivity contribution < 1.29 is 13.7 Å². The summed E-state index contributed by atoms with van der Waals surface area (Å²) in [7, 11) is -3.38. The van der Waals surface area contributed by atoms with Crippen molar-refractivity contribution in [2.24, 2.45) is 9.50 Å². The molecule has 0 aromatic carbocycles. The summed E-state index contributed by atoms with van der Waals surface area (Å²) in [6.45, 7) is 2.56. The number of anilines is 1. The average molecular weight is 433 g/mol. The number of carbonyl (C=O) groups excluding carboxylic acids is 1. The molecule has 5 rings (SSSR count). The van der Waals surface area contributed by atoms with Crippen LogP contribution in [0.2, 0.25) is 0 Å². The van der Waals surface area contributed by atoms with Crippen LogP contribution in [-0.2, 0) is 29.2 Å². The molecule has 1 atom stereocenters. The Kier molecular flexibility index (Phi) is 4.64. The lowest BCUT2D eigenvalue weighted by atomic mass is 10.0. The van der Waals surface area contributed by atoms with Crippen molar-refractivity contribution in [3.63, 3.8) is 0 Å². The van der Waals surface area contributed by atoms with Crippen molar-refractivity contribution in [2.45, 2.75) is 62.0 Å². The Morgan fingerprint density at radius 1 is 1.34 bits per heavy atom. The summed E-state index contributed by atoms with van der Waals surface area (Å²) in [5, 5.41) is 10.8. The number of nitrogens with one attached hydrogen (secondary N) is 1. The number of nitrogens with two attached hydrogens (primary N) is 1. The first-order valence-electron chi connectivity index (χ1n) is 10.1. The van der Waals surface area contributed by atoms with E-state index in [1.807, 2.05) is 12.3 Å². The van der Waals surface area contributed by atoms with Crippen LogP contribution in [0.15, 0.2) is 14.0 Å². The van der Waals surface area contributed by atoms with Crippen LogP contribution in [0.25, 0.3) is 0 Å². The maximum Gasteiger partial charge on any atom is 0.354 e. The molecular formula is C20H24N4O3S2. The lowest BCUT2D eigenvalue weighted by molar-refractivity contribution is 0.260. The van der Waals surface area contributed by atoms with Crippen molar-refractivity contribution in [1.29, 1.82) is 0 Å². The number of amides is 2. The Bertz CT molecular complexity index is 1130. The highest BCUT2D eigenvalue weighted by molar-refractivity contribution is 7.93. The Morgan fingerprint density at radius 2 is 2.17 bits per heavy atom. The van der Waals surface area contributed by atoms with E-state index in [0.717, 1.165) is 78.7 Å². The molecule has 7 nitrogen and oxygen atoms in total. The van der Waals surface area contributed by atoms with Crippen LogP contribution in [0.1, 0.15) is 59.7 Å². The van der Waals surface area contributed by atoms with Crippen molar-refractivity contribution in [1.82, 2.24) is 4.98 Å². The van der Waals surface area contributed by atoms with Crippen LogP contribution >= 0.6 is 11.3 Å². The summed E-state index contributed by atoms with van der Waals surface area (Å²) in [6, 6.07) is -0.680. The van der Waals surface area contributed by atoms with Gasteiger partial charge in [0.2, 0.25) is 0 Å². The van der Waals surface area contributed by atoms with E-state index < -0.39 is 15.9 Å². The van der Waals surface area contributed by atoms with E-state index in [1.165, 1.54) is 11.3 Å². The van der Waals surface area contributed by atoms with Crippen molar-refractivity contribution in [2.75, 3.05) is 11.9 Å². The highest BCUT2D eigenvalue weighted by atomic mass is 32.2. The maximum absolute atomic E-state index is 13.1. The monoisotopic (exact) mass is 432 g/mol. The first kappa shape index (κ1) is 19.0. The van der Waals surface area contributed by atoms with E-state index in [2.05, 4.69) is 9.68 Å². The maximum atomic E-state index is 13.1. The number of hydrogen-bond donors (Lipinski definition) is 2. The zero-order chi connectivity index (χ0) is 20.2. The first-order chi connectivity index (χ1) is 13.9. The SMILES string of the molecule is Cc1c(C2CC2)nc2c(c1NC(=O)N=S(N)(=O)c1scc3c1OCCC3)CCC2. The van der Waals surface area contributed by atoms with Crippen LogP contribution in [-0.4, -0.2) is 21.8 Å². The molecule has 0 radical (unpaired) electrons. The number of aryl methyl sites for hydroxylation is 2. The lowest BCUT2D eigenvalue weighted by Gasteiger charge is -2.16. The van der Waals surface area contributed by atoms with Gasteiger partial charge in [-0.3, -0.25) is 4.98 Å². The highest BCUT2D eigenvalue weighted by Gasteiger charge is 2.31. The second-order valence-electron chi connectivity index (χ2n) is 7.97. The van der Waals surface area contributed by atoms with Gasteiger partial charge in [0.15, 0.2) is 19.9 Å². The first-order valence-corrected chi connectivity index (χ1v) is 12.5. The molecule has 2 amide bonds. The fraction of sp³-hybridized carbons (Fsp3) is 0.500. The molecule has 3 heterocycles. The quantitative estimate of drug-likeness (QED) is 0.762. The number of ether oxygens (including phenoxy) is 1. The van der Waals surface area contributed by atoms with Crippen LogP contribution in [0, 0.1) is 6.92 Å². The van der Waals surface area contributed by atoms with E-state index >= 15 is 0 Å². The van der Waals surface area contributed by atoms with E-state index in [-0.39, 0.29) is 0 Å². The molecule has 154 valence electrons. The lowest BCUT2D eigenvalue weighted by Crippen LogP contribution is -2.19. The van der Waals surface area contributed by atoms with Crippen molar-refractivity contribution >= 4 is 33.0 Å². The second kappa shape index (κ2) is 7.07. The standard InChI is InChI=1S/C20H24N4O3S2/c1-11-16(12-7-8-12)22-15-6-2-5-14(15)17(11)23-20(25)24-29(21,26)19-18-13(10-28-19)4-3-9-27-18/h10,12H,2-9H2,1H3,(H3,21,22,23,24,25,26). The third-order valence-corrected chi connectivity index (χ3v) is 8.77. The Labute approximate surface area is 174 Å². The molecule has 1 saturated carbocycles. The highest BCUT2D eigenvalue weighted by Crippen LogP contribution is 2.44. The zero-order valence-corrected chi connectivity index (χ0v) is 18.0. The van der Waals surface area contributed by atoms with Crippen LogP contribution in [0.5, 0.6) is 5.75 Å². The summed E-state index contributed by atoms with van der Waals surface area (Å²) < 4.78 is 23.0. The molecule has 2 aromatic rings. The third kappa shape index (κ3) is 3.45. The fourth-order valence-corrected chi connectivity index (χ4v) is 6.66. The van der Waals surface area contributed by atoms with Gasteiger partial charge < -0.3 is 10.1 Å². The Balaban J connectivity index is 1.48. The van der Waals surface area contributed by atoms with Gasteiger partial charge in [-0.15, -0.1) is 15.7 Å². The Morgan fingerprint density at radius 3 is 2.97 bits per heavy atom. The number of fused-ring (bicyclic) bond motifs is 2. The number of thiophene rings is 1. The molecule has 1 aliphatic heterocycles. The number of rotatable bonds is 3. The van der Waals surface area contributed by atoms with Gasteiger partial charge in [-0.05, 0) is 68.4 Å². The van der Waals surface area contributed by atoms with Gasteiger partial charge in [-0.2, -0.15) is 0 Å². The van der Waals surface area contributed by atoms with Gasteiger partial charge in [-0.25, -0.2) is 14.1 Å². The van der Waals surface area contributed by atoms with Crippen molar-refractivity contribution in [3.8, 4) is 5.75 Å². The average Bonchev–Trinajstić information content (AvgIpc) is 3.24. The van der Waals surface area contributed by atoms with Gasteiger partial charge in [-0.1, -0.05) is 0 Å². The van der Waals surface area contributed by atoms with Gasteiger partial charge >= 0.3 is 6.03 Å². The summed E-state index contributed by atoms with van der Waals surface area (Å²) in [6.07, 6.45) is 6.91. The number of aromatic nitrogens is 1. The topological polar surface area (TPSA) is 107 Å². The number of carbonyl (C=O) groups is 1. The smallest absolute Gasteiger partial charge is 0.354 e. The number of urea groups is 1. The number of nitrogens with zero attached hydrogens (tertiary/aromatic N) is 2. The van der Waals surface area contributed by atoms with Crippen LogP contribution in [0.4, 0.5) is 10.5 Å². The second-order valence-corrected chi connectivity index (χ2v) is 10.8. The van der Waals surface area contributed by atoms with Gasteiger partial charge in [0, 0.05) is 22.9 Å². The molecule has 0 spiro atoms. The fourth-order valence-electron chi connectivity index (χ4n) is 4.25. The van der Waals surface area contributed by atoms with E-state index in [9.17, 15) is 9.00 Å². The summed E-state index contributed by atoms with van der Waals surface area (Å²) in [4.78, 5) is 17.6. The Hall–Kier alpha value is -1.97. The summed E-state index contributed by atoms with van der Waals surface area (Å²) in [5.41, 5.74) is 6.00. The molecule has 2 aliphatic carbocycles. The van der Waals surface area contributed by atoms with E-state index in [0.29, 0.717) is 22.5 Å². The molecule has 1 unspecified atom stereocenters. The molecule has 3 N–H and O–H groups in total. The van der Waals surface area contributed by atoms with Crippen LogP contribution in [0.3, 0.4) is 0 Å². The molecule has 1 fully saturated rings. The molecular weight excluding hydrogens is 408 g/mol. The molecule has 3 aliphatic rings. The molecule has 29 heavy (non-hydrogen) atoms. The van der Waals surface area contributed by atoms with Gasteiger partial charge in [0.25, 0.3) is 0 Å². The van der Waals surface area contributed by atoms with Crippen molar-refractivity contribution in [3.05, 3.63) is 33.5 Å². The van der Waals surface area contributed by atoms with Gasteiger partial charge in [0.05, 0.1) is 12.3 Å². The molecule has 2 aromatic heterocycles. The molecule has 0 bridgehead atoms. The normalized spacial score (nSPS) is 19.7. The largest absolute Gasteiger partial charge is 0.491 e. The minimum absolute atomic E-state index is 0.345. The number of hydrogen-bond acceptors (Lipinski definition) is 5. The summed E-state index contributed by atoms with van der Waals surface area (Å²) >= 11 is 1.25. The minimum Gasteiger partial charge on any atom is -0.491 e. The summed E-state index contributed by atoms with van der Waals surface area (Å²) in [5.74, 6) is 1.03. The predicted octanol–water partition coefficient (Wildman–Crippen LogP) is 4.08. The van der Waals surface area contributed by atoms with E-state index in [1.54, 1.807) is 0 Å². The van der Waals surface area contributed by atoms with E-state index in [4.69, 9.17) is 14.9 Å².